The molecule has 2 fully saturated rings. The first-order valence-electron chi connectivity index (χ1n) is 7.44. The van der Waals surface area contributed by atoms with Crippen molar-refractivity contribution in [3.63, 3.8) is 0 Å². The zero-order valence-corrected chi connectivity index (χ0v) is 12.2. The van der Waals surface area contributed by atoms with Gasteiger partial charge in [0.25, 0.3) is 5.69 Å². The third-order valence-electron chi connectivity index (χ3n) is 4.86. The summed E-state index contributed by atoms with van der Waals surface area (Å²) in [6, 6.07) is 5.20. The first kappa shape index (κ1) is 14.3. The normalized spacial score (nSPS) is 28.6. The number of rotatable bonds is 4. The van der Waals surface area contributed by atoms with Crippen LogP contribution in [-0.4, -0.2) is 41.2 Å². The van der Waals surface area contributed by atoms with E-state index in [1.807, 2.05) is 6.07 Å². The number of nitrogens with zero attached hydrogens (tertiary/aromatic N) is 2. The molecule has 1 aromatic carbocycles. The van der Waals surface area contributed by atoms with Crippen LogP contribution in [0, 0.1) is 22.0 Å². The first-order chi connectivity index (χ1) is 10.1. The molecule has 1 aliphatic heterocycles. The highest BCUT2D eigenvalue weighted by Gasteiger charge is 2.41. The highest BCUT2D eigenvalue weighted by atomic mass is 16.6. The number of aliphatic hydroxyl groups excluding tert-OH is 1. The minimum atomic E-state index is -0.349. The van der Waals surface area contributed by atoms with Gasteiger partial charge in [-0.2, -0.15) is 0 Å². The lowest BCUT2D eigenvalue weighted by molar-refractivity contribution is -0.384. The maximum absolute atomic E-state index is 11.1. The van der Waals surface area contributed by atoms with Gasteiger partial charge in [0.2, 0.25) is 0 Å². The van der Waals surface area contributed by atoms with Gasteiger partial charge in [0.05, 0.1) is 11.0 Å². The average Bonchev–Trinajstić information content (AvgIpc) is 3.00. The van der Waals surface area contributed by atoms with E-state index in [-0.39, 0.29) is 16.7 Å². The minimum absolute atomic E-state index is 0.120. The molecule has 114 valence electrons. The molecule has 3 rings (SSSR count). The molecule has 0 radical (unpaired) electrons. The highest BCUT2D eigenvalue weighted by Crippen LogP contribution is 2.39. The number of anilines is 1. The average molecular weight is 291 g/mol. The summed E-state index contributed by atoms with van der Waals surface area (Å²) >= 11 is 0. The van der Waals surface area contributed by atoms with Gasteiger partial charge in [-0.15, -0.1) is 0 Å². The van der Waals surface area contributed by atoms with Crippen LogP contribution in [0.5, 0.6) is 0 Å². The predicted molar refractivity (Wildman–Crippen MR) is 80.1 cm³/mol. The number of aliphatic hydroxyl groups is 1. The Hall–Kier alpha value is -1.66. The van der Waals surface area contributed by atoms with E-state index in [4.69, 9.17) is 0 Å². The summed E-state index contributed by atoms with van der Waals surface area (Å²) in [7, 11) is 1.72. The van der Waals surface area contributed by atoms with E-state index in [2.05, 4.69) is 10.2 Å². The smallest absolute Gasteiger partial charge is 0.292 e. The zero-order chi connectivity index (χ0) is 15.0. The second kappa shape index (κ2) is 5.61. The maximum atomic E-state index is 11.1. The zero-order valence-electron chi connectivity index (χ0n) is 12.2. The number of nitro groups is 1. The van der Waals surface area contributed by atoms with E-state index in [9.17, 15) is 15.2 Å². The van der Waals surface area contributed by atoms with Gasteiger partial charge in [0.1, 0.15) is 5.69 Å². The molecule has 0 spiro atoms. The molecule has 3 atom stereocenters. The molecule has 1 heterocycles. The van der Waals surface area contributed by atoms with Gasteiger partial charge >= 0.3 is 0 Å². The van der Waals surface area contributed by atoms with Crippen LogP contribution in [-0.2, 0) is 6.54 Å². The van der Waals surface area contributed by atoms with Gasteiger partial charge in [-0.05, 0) is 24.3 Å². The number of likely N-dealkylation sites (tertiary alicyclic amines) is 1. The molecule has 1 aromatic rings. The van der Waals surface area contributed by atoms with Crippen molar-refractivity contribution in [1.82, 2.24) is 4.90 Å². The molecular formula is C15H21N3O3. The third-order valence-corrected chi connectivity index (χ3v) is 4.86. The lowest BCUT2D eigenvalue weighted by Gasteiger charge is -2.19. The Morgan fingerprint density at radius 3 is 2.90 bits per heavy atom. The van der Waals surface area contributed by atoms with Gasteiger partial charge in [0.15, 0.2) is 0 Å². The fraction of sp³-hybridized carbons (Fsp3) is 0.600. The molecule has 1 saturated heterocycles. The summed E-state index contributed by atoms with van der Waals surface area (Å²) in [5.74, 6) is 0.957. The maximum Gasteiger partial charge on any atom is 0.292 e. The van der Waals surface area contributed by atoms with Crippen LogP contribution in [0.4, 0.5) is 11.4 Å². The summed E-state index contributed by atoms with van der Waals surface area (Å²) in [5.41, 5.74) is 1.66. The molecular weight excluding hydrogens is 270 g/mol. The summed E-state index contributed by atoms with van der Waals surface area (Å²) in [6.45, 7) is 2.56. The number of para-hydroxylation sites is 1. The van der Waals surface area contributed by atoms with Gasteiger partial charge in [-0.3, -0.25) is 15.0 Å². The van der Waals surface area contributed by atoms with Crippen molar-refractivity contribution < 1.29 is 10.0 Å². The van der Waals surface area contributed by atoms with Crippen LogP contribution in [0.3, 0.4) is 0 Å². The molecule has 3 unspecified atom stereocenters. The van der Waals surface area contributed by atoms with Crippen LogP contribution in [0.2, 0.25) is 0 Å². The van der Waals surface area contributed by atoms with E-state index < -0.39 is 0 Å². The molecule has 2 aliphatic rings. The number of nitrogens with one attached hydrogen (secondary N) is 1. The minimum Gasteiger partial charge on any atom is -0.393 e. The molecule has 2 N–H and O–H groups in total. The second-order valence-electron chi connectivity index (χ2n) is 6.08. The number of fused-ring (bicyclic) bond motifs is 1. The highest BCUT2D eigenvalue weighted by molar-refractivity contribution is 5.66. The van der Waals surface area contributed by atoms with Crippen molar-refractivity contribution in [3.8, 4) is 0 Å². The Bertz CT molecular complexity index is 549. The van der Waals surface area contributed by atoms with E-state index in [1.54, 1.807) is 13.1 Å². The van der Waals surface area contributed by atoms with Crippen LogP contribution >= 0.6 is 0 Å². The number of hydrogen-bond acceptors (Lipinski definition) is 5. The largest absolute Gasteiger partial charge is 0.393 e. The van der Waals surface area contributed by atoms with Gasteiger partial charge < -0.3 is 10.4 Å². The van der Waals surface area contributed by atoms with E-state index in [1.165, 1.54) is 6.07 Å². The standard InChI is InChI=1S/C15H21N3O3/c1-16-15-11(3-2-4-13(15)18(20)21)8-17-7-10-5-6-14(19)12(10)9-17/h2-4,10,12,14,16,19H,5-9H2,1H3. The number of nitro benzene ring substituents is 1. The van der Waals surface area contributed by atoms with E-state index in [0.717, 1.165) is 31.5 Å². The van der Waals surface area contributed by atoms with Crippen LogP contribution in [0.15, 0.2) is 18.2 Å². The van der Waals surface area contributed by atoms with Crippen molar-refractivity contribution in [2.24, 2.45) is 11.8 Å². The summed E-state index contributed by atoms with van der Waals surface area (Å²) in [4.78, 5) is 13.0. The Balaban J connectivity index is 1.77. The lowest BCUT2D eigenvalue weighted by atomic mass is 10.00. The van der Waals surface area contributed by atoms with E-state index >= 15 is 0 Å². The molecule has 0 aromatic heterocycles. The molecule has 0 amide bonds. The Kier molecular flexibility index (Phi) is 3.82. The quantitative estimate of drug-likeness (QED) is 0.653. The van der Waals surface area contributed by atoms with Crippen molar-refractivity contribution in [3.05, 3.63) is 33.9 Å². The van der Waals surface area contributed by atoms with Gasteiger partial charge in [-0.1, -0.05) is 12.1 Å². The third kappa shape index (κ3) is 2.61. The van der Waals surface area contributed by atoms with Crippen molar-refractivity contribution in [2.45, 2.75) is 25.5 Å². The van der Waals surface area contributed by atoms with Crippen molar-refractivity contribution in [2.75, 3.05) is 25.5 Å². The Labute approximate surface area is 123 Å². The lowest BCUT2D eigenvalue weighted by Crippen LogP contribution is -2.24. The Morgan fingerprint density at radius 2 is 2.24 bits per heavy atom. The van der Waals surface area contributed by atoms with Gasteiger partial charge in [-0.25, -0.2) is 0 Å². The number of hydrogen-bond donors (Lipinski definition) is 2. The molecule has 6 nitrogen and oxygen atoms in total. The van der Waals surface area contributed by atoms with Gasteiger partial charge in [0, 0.05) is 38.7 Å². The number of benzene rings is 1. The molecule has 1 saturated carbocycles. The van der Waals surface area contributed by atoms with Crippen molar-refractivity contribution in [1.29, 1.82) is 0 Å². The molecule has 21 heavy (non-hydrogen) atoms. The summed E-state index contributed by atoms with van der Waals surface area (Å²) in [6.07, 6.45) is 1.84. The van der Waals surface area contributed by atoms with E-state index in [0.29, 0.717) is 24.1 Å². The topological polar surface area (TPSA) is 78.6 Å². The molecule has 1 aliphatic carbocycles. The van der Waals surface area contributed by atoms with Crippen LogP contribution in [0.1, 0.15) is 18.4 Å². The fourth-order valence-corrected chi connectivity index (χ4v) is 3.86. The molecule has 0 bridgehead atoms. The summed E-state index contributed by atoms with van der Waals surface area (Å²) < 4.78 is 0. The first-order valence-corrected chi connectivity index (χ1v) is 7.44. The van der Waals surface area contributed by atoms with Crippen LogP contribution < -0.4 is 5.32 Å². The monoisotopic (exact) mass is 291 g/mol. The van der Waals surface area contributed by atoms with Crippen LogP contribution in [0.25, 0.3) is 0 Å². The SMILES string of the molecule is CNc1c(CN2CC3CCC(O)C3C2)cccc1[N+](=O)[O-]. The summed E-state index contributed by atoms with van der Waals surface area (Å²) in [5, 5.41) is 24.0. The fourth-order valence-electron chi connectivity index (χ4n) is 3.86. The molecule has 6 heteroatoms. The Morgan fingerprint density at radius 1 is 1.43 bits per heavy atom. The second-order valence-corrected chi connectivity index (χ2v) is 6.08. The van der Waals surface area contributed by atoms with Crippen molar-refractivity contribution >= 4 is 11.4 Å². The predicted octanol–water partition coefficient (Wildman–Crippen LogP) is 1.84.